The van der Waals surface area contributed by atoms with E-state index in [0.717, 1.165) is 0 Å². The highest BCUT2D eigenvalue weighted by Crippen LogP contribution is 2.27. The molecule has 3 unspecified atom stereocenters. The number of morpholine rings is 1. The van der Waals surface area contributed by atoms with Gasteiger partial charge in [0.05, 0.1) is 23.6 Å². The molecule has 0 spiro atoms. The molecule has 27 heavy (non-hydrogen) atoms. The average molecular weight is 389 g/mol. The third-order valence-corrected chi connectivity index (χ3v) is 5.39. The van der Waals surface area contributed by atoms with E-state index in [-0.39, 0.29) is 18.1 Å². The topological polar surface area (TPSA) is 81.6 Å². The van der Waals surface area contributed by atoms with E-state index >= 15 is 0 Å². The van der Waals surface area contributed by atoms with Gasteiger partial charge in [-0.15, -0.1) is 11.3 Å². The second kappa shape index (κ2) is 8.14. The van der Waals surface area contributed by atoms with Gasteiger partial charge < -0.3 is 14.4 Å². The van der Waals surface area contributed by atoms with E-state index < -0.39 is 12.1 Å². The van der Waals surface area contributed by atoms with Crippen molar-refractivity contribution < 1.29 is 19.1 Å². The number of ether oxygens (including phenoxy) is 2. The van der Waals surface area contributed by atoms with Crippen molar-refractivity contribution >= 4 is 23.2 Å². The molecule has 2 aromatic heterocycles. The van der Waals surface area contributed by atoms with Gasteiger partial charge in [-0.1, -0.05) is 6.07 Å². The van der Waals surface area contributed by atoms with E-state index in [4.69, 9.17) is 9.47 Å². The number of esters is 1. The van der Waals surface area contributed by atoms with Crippen molar-refractivity contribution in [2.24, 2.45) is 0 Å². The fraction of sp³-hybridized carbons (Fsp3) is 0.474. The van der Waals surface area contributed by atoms with Crippen LogP contribution in [0.15, 0.2) is 24.4 Å². The molecule has 1 saturated heterocycles. The molecule has 0 N–H and O–H groups in total. The number of nitrogens with zero attached hydrogens (tertiary/aromatic N) is 3. The lowest BCUT2D eigenvalue weighted by Crippen LogP contribution is -2.51. The molecule has 0 saturated carbocycles. The van der Waals surface area contributed by atoms with Gasteiger partial charge in [0.1, 0.15) is 9.88 Å². The van der Waals surface area contributed by atoms with Crippen LogP contribution < -0.4 is 0 Å². The number of carbonyl (C=O) groups is 2. The minimum absolute atomic E-state index is 0.0368. The van der Waals surface area contributed by atoms with Crippen molar-refractivity contribution in [3.05, 3.63) is 35.0 Å². The summed E-state index contributed by atoms with van der Waals surface area (Å²) in [6.45, 7) is 8.18. The van der Waals surface area contributed by atoms with Gasteiger partial charge in [0.2, 0.25) is 0 Å². The third kappa shape index (κ3) is 4.51. The Hall–Kier alpha value is -2.32. The number of aromatic nitrogens is 2. The molecule has 1 aliphatic heterocycles. The highest BCUT2D eigenvalue weighted by atomic mass is 32.1. The van der Waals surface area contributed by atoms with Crippen molar-refractivity contribution in [3.8, 4) is 10.7 Å². The molecule has 1 aliphatic rings. The first-order valence-corrected chi connectivity index (χ1v) is 9.71. The van der Waals surface area contributed by atoms with E-state index in [2.05, 4.69) is 9.97 Å². The molecule has 2 aromatic rings. The van der Waals surface area contributed by atoms with Gasteiger partial charge in [-0.3, -0.25) is 9.78 Å². The van der Waals surface area contributed by atoms with Crippen LogP contribution >= 0.6 is 11.3 Å². The van der Waals surface area contributed by atoms with E-state index in [1.165, 1.54) is 11.3 Å². The van der Waals surface area contributed by atoms with Gasteiger partial charge in [-0.05, 0) is 39.8 Å². The van der Waals surface area contributed by atoms with E-state index in [1.807, 2.05) is 32.0 Å². The van der Waals surface area contributed by atoms with Gasteiger partial charge in [-0.2, -0.15) is 0 Å². The van der Waals surface area contributed by atoms with Crippen LogP contribution in [-0.2, 0) is 14.3 Å². The Labute approximate surface area is 162 Å². The maximum Gasteiger partial charge on any atom is 0.351 e. The fourth-order valence-electron chi connectivity index (χ4n) is 3.06. The predicted molar refractivity (Wildman–Crippen MR) is 102 cm³/mol. The molecule has 1 amide bonds. The number of aryl methyl sites for hydroxylation is 1. The zero-order valence-electron chi connectivity index (χ0n) is 15.8. The normalized spacial score (nSPS) is 21.0. The molecule has 0 radical (unpaired) electrons. The van der Waals surface area contributed by atoms with Crippen molar-refractivity contribution in [2.75, 3.05) is 13.1 Å². The maximum absolute atomic E-state index is 12.6. The van der Waals surface area contributed by atoms with E-state index in [1.54, 1.807) is 24.9 Å². The van der Waals surface area contributed by atoms with Gasteiger partial charge >= 0.3 is 5.97 Å². The summed E-state index contributed by atoms with van der Waals surface area (Å²) in [5, 5.41) is 0.648. The smallest absolute Gasteiger partial charge is 0.351 e. The van der Waals surface area contributed by atoms with Crippen LogP contribution in [0.4, 0.5) is 0 Å². The van der Waals surface area contributed by atoms with Crippen molar-refractivity contribution in [1.82, 2.24) is 14.9 Å². The molecule has 7 nitrogen and oxygen atoms in total. The van der Waals surface area contributed by atoms with Crippen molar-refractivity contribution in [1.29, 1.82) is 0 Å². The standard InChI is InChI=1S/C19H23N3O4S/c1-11-9-22(10-12(2)25-11)18(23)14(4)26-19(24)16-13(3)21-17(27-16)15-7-5-6-8-20-15/h5-8,11-12,14H,9-10H2,1-4H3. The Morgan fingerprint density at radius 2 is 2.00 bits per heavy atom. The zero-order chi connectivity index (χ0) is 19.6. The minimum Gasteiger partial charge on any atom is -0.448 e. The molecule has 0 aliphatic carbocycles. The highest BCUT2D eigenvalue weighted by Gasteiger charge is 2.31. The summed E-state index contributed by atoms with van der Waals surface area (Å²) in [5.74, 6) is -0.750. The number of rotatable bonds is 4. The Kier molecular flexibility index (Phi) is 5.86. The predicted octanol–water partition coefficient (Wildman–Crippen LogP) is 2.69. The minimum atomic E-state index is -0.866. The lowest BCUT2D eigenvalue weighted by Gasteiger charge is -2.36. The quantitative estimate of drug-likeness (QED) is 0.748. The fourth-order valence-corrected chi connectivity index (χ4v) is 3.99. The number of carbonyl (C=O) groups excluding carboxylic acids is 2. The van der Waals surface area contributed by atoms with E-state index in [0.29, 0.717) is 34.4 Å². The number of amides is 1. The lowest BCUT2D eigenvalue weighted by atomic mass is 10.2. The highest BCUT2D eigenvalue weighted by molar-refractivity contribution is 7.17. The monoisotopic (exact) mass is 389 g/mol. The number of hydrogen-bond donors (Lipinski definition) is 0. The van der Waals surface area contributed by atoms with Crippen molar-refractivity contribution in [2.45, 2.75) is 46.0 Å². The lowest BCUT2D eigenvalue weighted by molar-refractivity contribution is -0.151. The molecule has 3 heterocycles. The first-order chi connectivity index (χ1) is 12.8. The van der Waals surface area contributed by atoms with Gasteiger partial charge in [0.15, 0.2) is 6.10 Å². The summed E-state index contributed by atoms with van der Waals surface area (Å²) in [4.78, 5) is 35.9. The van der Waals surface area contributed by atoms with Crippen LogP contribution in [-0.4, -0.2) is 58.1 Å². The molecule has 0 aromatic carbocycles. The number of pyridine rings is 1. The number of thiazole rings is 1. The summed E-state index contributed by atoms with van der Waals surface area (Å²) in [5.41, 5.74) is 1.27. The largest absolute Gasteiger partial charge is 0.448 e. The zero-order valence-corrected chi connectivity index (χ0v) is 16.7. The van der Waals surface area contributed by atoms with Crippen LogP contribution in [0.1, 0.15) is 36.1 Å². The Morgan fingerprint density at radius 3 is 2.63 bits per heavy atom. The van der Waals surface area contributed by atoms with Gasteiger partial charge in [0.25, 0.3) is 5.91 Å². The molecule has 1 fully saturated rings. The Morgan fingerprint density at radius 1 is 1.30 bits per heavy atom. The van der Waals surface area contributed by atoms with Crippen LogP contribution in [0.3, 0.4) is 0 Å². The second-order valence-electron chi connectivity index (χ2n) is 6.70. The molecule has 3 atom stereocenters. The molecular formula is C19H23N3O4S. The molecule has 8 heteroatoms. The Bertz CT molecular complexity index is 814. The van der Waals surface area contributed by atoms with Crippen LogP contribution in [0.2, 0.25) is 0 Å². The number of hydrogen-bond acceptors (Lipinski definition) is 7. The molecule has 144 valence electrons. The summed E-state index contributed by atoms with van der Waals surface area (Å²) >= 11 is 1.22. The average Bonchev–Trinajstić information content (AvgIpc) is 3.03. The summed E-state index contributed by atoms with van der Waals surface area (Å²) in [7, 11) is 0. The van der Waals surface area contributed by atoms with Gasteiger partial charge in [-0.25, -0.2) is 9.78 Å². The third-order valence-electron chi connectivity index (χ3n) is 4.23. The first kappa shape index (κ1) is 19.4. The summed E-state index contributed by atoms with van der Waals surface area (Å²) in [6.07, 6.45) is 0.736. The molecular weight excluding hydrogens is 366 g/mol. The van der Waals surface area contributed by atoms with E-state index in [9.17, 15) is 9.59 Å². The molecule has 0 bridgehead atoms. The molecule has 3 rings (SSSR count). The van der Waals surface area contributed by atoms with Crippen molar-refractivity contribution in [3.63, 3.8) is 0 Å². The summed E-state index contributed by atoms with van der Waals surface area (Å²) in [6, 6.07) is 5.52. The SMILES string of the molecule is Cc1nc(-c2ccccn2)sc1C(=O)OC(C)C(=O)N1CC(C)OC(C)C1. The van der Waals surface area contributed by atoms with Gasteiger partial charge in [0, 0.05) is 19.3 Å². The van der Waals surface area contributed by atoms with Crippen LogP contribution in [0.5, 0.6) is 0 Å². The summed E-state index contributed by atoms with van der Waals surface area (Å²) < 4.78 is 11.1. The van der Waals surface area contributed by atoms with Crippen LogP contribution in [0, 0.1) is 6.92 Å². The Balaban J connectivity index is 1.68. The first-order valence-electron chi connectivity index (χ1n) is 8.89. The maximum atomic E-state index is 12.6. The second-order valence-corrected chi connectivity index (χ2v) is 7.70. The van der Waals surface area contributed by atoms with Crippen LogP contribution in [0.25, 0.3) is 10.7 Å².